The van der Waals surface area contributed by atoms with Gasteiger partial charge in [0.1, 0.15) is 0 Å². The quantitative estimate of drug-likeness (QED) is 0.865. The smallest absolute Gasteiger partial charge is 0.0369 e. The van der Waals surface area contributed by atoms with Crippen LogP contribution in [0.25, 0.3) is 0 Å². The van der Waals surface area contributed by atoms with Crippen LogP contribution in [0, 0.1) is 0 Å². The van der Waals surface area contributed by atoms with Crippen molar-refractivity contribution in [3.63, 3.8) is 0 Å². The van der Waals surface area contributed by atoms with E-state index in [1.165, 1.54) is 44.5 Å². The van der Waals surface area contributed by atoms with E-state index in [2.05, 4.69) is 23.1 Å². The minimum Gasteiger partial charge on any atom is -0.372 e. The summed E-state index contributed by atoms with van der Waals surface area (Å²) in [6, 6.07) is 7.10. The van der Waals surface area contributed by atoms with E-state index in [-0.39, 0.29) is 0 Å². The topological polar surface area (TPSA) is 29.3 Å². The summed E-state index contributed by atoms with van der Waals surface area (Å²) < 4.78 is 0. The molecule has 3 rings (SSSR count). The number of nitrogens with zero attached hydrogens (tertiary/aromatic N) is 1. The van der Waals surface area contributed by atoms with Gasteiger partial charge < -0.3 is 10.6 Å². The van der Waals surface area contributed by atoms with Crippen LogP contribution < -0.4 is 10.6 Å². The highest BCUT2D eigenvalue weighted by molar-refractivity contribution is 5.53. The van der Waals surface area contributed by atoms with E-state index in [0.29, 0.717) is 0 Å². The molecule has 2 N–H and O–H groups in total. The maximum absolute atomic E-state index is 5.69. The second-order valence-electron chi connectivity index (χ2n) is 5.39. The van der Waals surface area contributed by atoms with E-state index in [9.17, 15) is 0 Å². The largest absolute Gasteiger partial charge is 0.372 e. The van der Waals surface area contributed by atoms with Crippen molar-refractivity contribution in [3.8, 4) is 0 Å². The molecule has 1 unspecified atom stereocenters. The number of anilines is 1. The monoisotopic (exact) mass is 230 g/mol. The zero-order valence-corrected chi connectivity index (χ0v) is 10.5. The van der Waals surface area contributed by atoms with Crippen molar-refractivity contribution in [1.82, 2.24) is 0 Å². The Balaban J connectivity index is 1.83. The summed E-state index contributed by atoms with van der Waals surface area (Å²) in [7, 11) is 0. The molecule has 92 valence electrons. The first-order valence-electron chi connectivity index (χ1n) is 6.96. The molecule has 1 aliphatic heterocycles. The summed E-state index contributed by atoms with van der Waals surface area (Å²) in [4.78, 5) is 2.52. The molecule has 0 amide bonds. The van der Waals surface area contributed by atoms with E-state index in [1.807, 2.05) is 0 Å². The van der Waals surface area contributed by atoms with Gasteiger partial charge in [-0.3, -0.25) is 0 Å². The first kappa shape index (κ1) is 11.1. The van der Waals surface area contributed by atoms with Gasteiger partial charge in [0.2, 0.25) is 0 Å². The van der Waals surface area contributed by atoms with Gasteiger partial charge in [-0.1, -0.05) is 6.07 Å². The third-order valence-electron chi connectivity index (χ3n) is 4.31. The standard InChI is InChI=1S/C15H22N2/c16-8-7-12-3-4-13-11-14(5-6-15(12)13)17-9-1-2-10-17/h5-6,11-12H,1-4,7-10,16H2. The lowest BCUT2D eigenvalue weighted by molar-refractivity contribution is 0.627. The van der Waals surface area contributed by atoms with Crippen molar-refractivity contribution in [1.29, 1.82) is 0 Å². The maximum Gasteiger partial charge on any atom is 0.0369 e. The van der Waals surface area contributed by atoms with Gasteiger partial charge in [-0.2, -0.15) is 0 Å². The molecule has 1 aliphatic carbocycles. The van der Waals surface area contributed by atoms with Crippen molar-refractivity contribution < 1.29 is 0 Å². The highest BCUT2D eigenvalue weighted by Crippen LogP contribution is 2.37. The minimum atomic E-state index is 0.725. The predicted octanol–water partition coefficient (Wildman–Crippen LogP) is 2.67. The molecule has 1 fully saturated rings. The molecule has 0 radical (unpaired) electrons. The SMILES string of the molecule is NCCC1CCc2cc(N3CCCC3)ccc21. The highest BCUT2D eigenvalue weighted by Gasteiger charge is 2.23. The normalized spacial score (nSPS) is 23.1. The first-order valence-corrected chi connectivity index (χ1v) is 6.96. The van der Waals surface area contributed by atoms with Gasteiger partial charge in [0.15, 0.2) is 0 Å². The molecule has 1 atom stereocenters. The van der Waals surface area contributed by atoms with Gasteiger partial charge in [0.25, 0.3) is 0 Å². The number of benzene rings is 1. The van der Waals surface area contributed by atoms with E-state index in [4.69, 9.17) is 5.73 Å². The van der Waals surface area contributed by atoms with Crippen molar-refractivity contribution in [2.24, 2.45) is 5.73 Å². The van der Waals surface area contributed by atoms with Crippen LogP contribution in [0.3, 0.4) is 0 Å². The molecule has 0 aromatic heterocycles. The molecule has 17 heavy (non-hydrogen) atoms. The molecule has 1 saturated heterocycles. The Morgan fingerprint density at radius 3 is 2.82 bits per heavy atom. The van der Waals surface area contributed by atoms with Crippen LogP contribution in [0.5, 0.6) is 0 Å². The fourth-order valence-electron chi connectivity index (χ4n) is 3.37. The Hall–Kier alpha value is -1.02. The predicted molar refractivity (Wildman–Crippen MR) is 72.6 cm³/mol. The average molecular weight is 230 g/mol. The van der Waals surface area contributed by atoms with E-state index in [0.717, 1.165) is 18.9 Å². The Bertz CT molecular complexity index is 394. The summed E-state index contributed by atoms with van der Waals surface area (Å²) in [5.41, 5.74) is 10.3. The lowest BCUT2D eigenvalue weighted by Crippen LogP contribution is -2.17. The zero-order valence-electron chi connectivity index (χ0n) is 10.5. The van der Waals surface area contributed by atoms with Crippen LogP contribution >= 0.6 is 0 Å². The minimum absolute atomic E-state index is 0.725. The molecule has 0 spiro atoms. The molecular formula is C15H22N2. The molecule has 0 saturated carbocycles. The molecule has 2 aliphatic rings. The number of hydrogen-bond acceptors (Lipinski definition) is 2. The van der Waals surface area contributed by atoms with Crippen LogP contribution in [0.4, 0.5) is 5.69 Å². The second-order valence-corrected chi connectivity index (χ2v) is 5.39. The summed E-state index contributed by atoms with van der Waals surface area (Å²) in [6.07, 6.45) is 6.41. The molecule has 1 aromatic rings. The zero-order chi connectivity index (χ0) is 11.7. The molecular weight excluding hydrogens is 208 g/mol. The summed E-state index contributed by atoms with van der Waals surface area (Å²) in [5, 5.41) is 0. The molecule has 1 aromatic carbocycles. The van der Waals surface area contributed by atoms with Crippen molar-refractivity contribution in [2.45, 2.75) is 38.0 Å². The van der Waals surface area contributed by atoms with Crippen molar-refractivity contribution in [2.75, 3.05) is 24.5 Å². The average Bonchev–Trinajstić information content (AvgIpc) is 2.98. The summed E-state index contributed by atoms with van der Waals surface area (Å²) in [6.45, 7) is 3.30. The van der Waals surface area contributed by atoms with Crippen LogP contribution in [-0.4, -0.2) is 19.6 Å². The van der Waals surface area contributed by atoms with Crippen molar-refractivity contribution in [3.05, 3.63) is 29.3 Å². The summed E-state index contributed by atoms with van der Waals surface area (Å²) in [5.74, 6) is 0.725. The van der Waals surface area contributed by atoms with Crippen LogP contribution in [0.2, 0.25) is 0 Å². The molecule has 2 nitrogen and oxygen atoms in total. The first-order chi connectivity index (χ1) is 8.38. The number of aryl methyl sites for hydroxylation is 1. The van der Waals surface area contributed by atoms with Gasteiger partial charge in [0, 0.05) is 18.8 Å². The number of nitrogens with two attached hydrogens (primary N) is 1. The Morgan fingerprint density at radius 2 is 2.06 bits per heavy atom. The van der Waals surface area contributed by atoms with Gasteiger partial charge >= 0.3 is 0 Å². The number of fused-ring (bicyclic) bond motifs is 1. The molecule has 2 heteroatoms. The lowest BCUT2D eigenvalue weighted by atomic mass is 9.97. The maximum atomic E-state index is 5.69. The van der Waals surface area contributed by atoms with Crippen LogP contribution in [0.15, 0.2) is 18.2 Å². The highest BCUT2D eigenvalue weighted by atomic mass is 15.1. The van der Waals surface area contributed by atoms with Gasteiger partial charge in [0.05, 0.1) is 0 Å². The fraction of sp³-hybridized carbons (Fsp3) is 0.600. The van der Waals surface area contributed by atoms with E-state index in [1.54, 1.807) is 11.1 Å². The van der Waals surface area contributed by atoms with E-state index < -0.39 is 0 Å². The van der Waals surface area contributed by atoms with E-state index >= 15 is 0 Å². The van der Waals surface area contributed by atoms with Gasteiger partial charge in [-0.15, -0.1) is 0 Å². The van der Waals surface area contributed by atoms with Crippen LogP contribution in [-0.2, 0) is 6.42 Å². The number of hydrogen-bond donors (Lipinski definition) is 1. The van der Waals surface area contributed by atoms with Crippen molar-refractivity contribution >= 4 is 5.69 Å². The van der Waals surface area contributed by atoms with Gasteiger partial charge in [-0.05, 0) is 67.8 Å². The molecule has 1 heterocycles. The Kier molecular flexibility index (Phi) is 3.06. The summed E-state index contributed by atoms with van der Waals surface area (Å²) >= 11 is 0. The Labute approximate surface area is 104 Å². The third-order valence-corrected chi connectivity index (χ3v) is 4.31. The molecule has 0 bridgehead atoms. The van der Waals surface area contributed by atoms with Gasteiger partial charge in [-0.25, -0.2) is 0 Å². The Morgan fingerprint density at radius 1 is 1.24 bits per heavy atom. The third kappa shape index (κ3) is 2.06. The lowest BCUT2D eigenvalue weighted by Gasteiger charge is -2.19. The fourth-order valence-corrected chi connectivity index (χ4v) is 3.37. The second kappa shape index (κ2) is 4.69. The van der Waals surface area contributed by atoms with Crippen LogP contribution in [0.1, 0.15) is 42.7 Å². The number of rotatable bonds is 3.